The fourth-order valence-electron chi connectivity index (χ4n) is 4.51. The first-order valence-corrected chi connectivity index (χ1v) is 13.1. The lowest BCUT2D eigenvalue weighted by Crippen LogP contribution is -2.57. The van der Waals surface area contributed by atoms with Crippen LogP contribution in [0.1, 0.15) is 31.0 Å². The summed E-state index contributed by atoms with van der Waals surface area (Å²) in [5.41, 5.74) is 1.30. The average Bonchev–Trinajstić information content (AvgIpc) is 3.32. The van der Waals surface area contributed by atoms with E-state index in [2.05, 4.69) is 10.6 Å². The molecular weight excluding hydrogens is 512 g/mol. The fraction of sp³-hybridized carbons (Fsp3) is 0.300. The number of benzene rings is 3. The van der Waals surface area contributed by atoms with E-state index >= 15 is 0 Å². The summed E-state index contributed by atoms with van der Waals surface area (Å²) >= 11 is 5.57. The van der Waals surface area contributed by atoms with Gasteiger partial charge in [-0.15, -0.1) is 0 Å². The number of nitrogens with one attached hydrogen (secondary N) is 2. The van der Waals surface area contributed by atoms with Crippen molar-refractivity contribution in [3.63, 3.8) is 0 Å². The monoisotopic (exact) mass is 546 g/mol. The minimum Gasteiger partial charge on any atom is -0.497 e. The quantitative estimate of drug-likeness (QED) is 0.365. The van der Waals surface area contributed by atoms with Crippen molar-refractivity contribution in [1.29, 1.82) is 0 Å². The van der Waals surface area contributed by atoms with Gasteiger partial charge in [0.1, 0.15) is 17.0 Å². The largest absolute Gasteiger partial charge is 0.497 e. The molecule has 1 aliphatic rings. The highest BCUT2D eigenvalue weighted by molar-refractivity contribution is 7.80. The lowest BCUT2D eigenvalue weighted by molar-refractivity contribution is -0.144. The maximum Gasteiger partial charge on any atom is 0.249 e. The van der Waals surface area contributed by atoms with E-state index in [0.29, 0.717) is 28.8 Å². The van der Waals surface area contributed by atoms with Crippen LogP contribution in [0.25, 0.3) is 0 Å². The topological polar surface area (TPSA) is 83.1 Å². The van der Waals surface area contributed by atoms with Crippen LogP contribution in [0.4, 0.5) is 5.69 Å². The molecule has 9 heteroatoms. The van der Waals surface area contributed by atoms with E-state index in [1.165, 1.54) is 7.11 Å². The highest BCUT2D eigenvalue weighted by Crippen LogP contribution is 2.31. The first-order valence-electron chi connectivity index (χ1n) is 12.7. The molecule has 1 atom stereocenters. The molecule has 0 saturated carbocycles. The minimum atomic E-state index is -1.20. The van der Waals surface area contributed by atoms with Gasteiger partial charge < -0.3 is 29.9 Å². The number of hydrogen-bond acceptors (Lipinski definition) is 5. The van der Waals surface area contributed by atoms with Gasteiger partial charge in [-0.25, -0.2) is 0 Å². The van der Waals surface area contributed by atoms with Crippen LogP contribution in [0.3, 0.4) is 0 Å². The Kier molecular flexibility index (Phi) is 8.71. The molecule has 8 nitrogen and oxygen atoms in total. The zero-order chi connectivity index (χ0) is 28.0. The summed E-state index contributed by atoms with van der Waals surface area (Å²) in [5.74, 6) is 0.506. The van der Waals surface area contributed by atoms with Gasteiger partial charge in [-0.2, -0.15) is 0 Å². The summed E-state index contributed by atoms with van der Waals surface area (Å²) in [4.78, 5) is 31.0. The Labute approximate surface area is 234 Å². The van der Waals surface area contributed by atoms with E-state index in [9.17, 15) is 9.59 Å². The molecule has 2 amide bonds. The predicted octanol–water partition coefficient (Wildman–Crippen LogP) is 4.38. The van der Waals surface area contributed by atoms with Crippen molar-refractivity contribution in [3.05, 3.63) is 90.0 Å². The number of nitrogens with zero attached hydrogens (tertiary/aromatic N) is 2. The SMILES string of the molecule is COc1ccc(NC(=O)C(C)(C)N(Cc2ccccc2)C(=O)CN2CC(c3ccccc3)NC2=S)c(OC)c1. The van der Waals surface area contributed by atoms with Crippen molar-refractivity contribution in [3.8, 4) is 11.5 Å². The molecule has 1 fully saturated rings. The number of thiocarbonyl (C=S) groups is 1. The standard InChI is InChI=1S/C30H34N4O4S/c1-30(2,28(36)31-24-16-15-23(37-3)17-26(24)38-4)34(18-21-11-7-5-8-12-21)27(35)20-33-19-25(32-29(33)39)22-13-9-6-10-14-22/h5-17,25H,18-20H2,1-4H3,(H,31,36)(H,32,39). The Hall–Kier alpha value is -4.11. The molecule has 3 aromatic rings. The summed E-state index contributed by atoms with van der Waals surface area (Å²) in [7, 11) is 3.09. The van der Waals surface area contributed by atoms with E-state index < -0.39 is 5.54 Å². The summed E-state index contributed by atoms with van der Waals surface area (Å²) in [6.07, 6.45) is 0. The van der Waals surface area contributed by atoms with Crippen molar-refractivity contribution >= 4 is 34.8 Å². The van der Waals surface area contributed by atoms with Gasteiger partial charge in [-0.1, -0.05) is 60.7 Å². The Morgan fingerprint density at radius 2 is 1.69 bits per heavy atom. The van der Waals surface area contributed by atoms with Crippen LogP contribution in [0.5, 0.6) is 11.5 Å². The molecule has 3 aromatic carbocycles. The lowest BCUT2D eigenvalue weighted by atomic mass is 9.99. The lowest BCUT2D eigenvalue weighted by Gasteiger charge is -2.38. The molecule has 1 heterocycles. The number of anilines is 1. The fourth-order valence-corrected chi connectivity index (χ4v) is 4.79. The third kappa shape index (κ3) is 6.49. The maximum atomic E-state index is 13.9. The number of amides is 2. The molecule has 1 aliphatic heterocycles. The number of carbonyl (C=O) groups excluding carboxylic acids is 2. The van der Waals surface area contributed by atoms with E-state index in [0.717, 1.165) is 11.1 Å². The second-order valence-corrected chi connectivity index (χ2v) is 10.2. The van der Waals surface area contributed by atoms with Crippen molar-refractivity contribution < 1.29 is 19.1 Å². The van der Waals surface area contributed by atoms with Gasteiger partial charge >= 0.3 is 0 Å². The molecular formula is C30H34N4O4S. The van der Waals surface area contributed by atoms with E-state index in [4.69, 9.17) is 21.7 Å². The van der Waals surface area contributed by atoms with Crippen molar-refractivity contribution in [2.45, 2.75) is 32.0 Å². The zero-order valence-corrected chi connectivity index (χ0v) is 23.5. The first-order chi connectivity index (χ1) is 18.7. The minimum absolute atomic E-state index is 0.00656. The van der Waals surface area contributed by atoms with E-state index in [1.807, 2.05) is 65.6 Å². The maximum absolute atomic E-state index is 13.9. The molecule has 0 aliphatic carbocycles. The second kappa shape index (κ2) is 12.2. The molecule has 204 valence electrons. The van der Waals surface area contributed by atoms with Crippen LogP contribution in [-0.2, 0) is 16.1 Å². The van der Waals surface area contributed by atoms with Gasteiger partial charge in [-0.05, 0) is 49.3 Å². The Morgan fingerprint density at radius 3 is 2.33 bits per heavy atom. The highest BCUT2D eigenvalue weighted by atomic mass is 32.1. The first kappa shape index (κ1) is 27.9. The number of carbonyl (C=O) groups is 2. The van der Waals surface area contributed by atoms with Gasteiger partial charge in [0.15, 0.2) is 5.11 Å². The van der Waals surface area contributed by atoms with Crippen LogP contribution in [0, 0.1) is 0 Å². The number of methoxy groups -OCH3 is 2. The van der Waals surface area contributed by atoms with Crippen LogP contribution < -0.4 is 20.1 Å². The summed E-state index contributed by atoms with van der Waals surface area (Å²) < 4.78 is 10.7. The van der Waals surface area contributed by atoms with Gasteiger partial charge in [0.25, 0.3) is 0 Å². The van der Waals surface area contributed by atoms with E-state index in [-0.39, 0.29) is 30.9 Å². The second-order valence-electron chi connectivity index (χ2n) is 9.84. The van der Waals surface area contributed by atoms with E-state index in [1.54, 1.807) is 44.1 Å². The Bertz CT molecular complexity index is 1320. The third-order valence-corrected chi connectivity index (χ3v) is 7.26. The Balaban J connectivity index is 1.56. The van der Waals surface area contributed by atoms with Gasteiger partial charge in [0, 0.05) is 19.2 Å². The normalized spacial score (nSPS) is 14.9. The Morgan fingerprint density at radius 1 is 1.03 bits per heavy atom. The molecule has 4 rings (SSSR count). The van der Waals surface area contributed by atoms with Crippen molar-refractivity contribution in [2.75, 3.05) is 32.6 Å². The van der Waals surface area contributed by atoms with Gasteiger partial charge in [0.05, 0.1) is 32.5 Å². The molecule has 0 bridgehead atoms. The van der Waals surface area contributed by atoms with Crippen LogP contribution in [-0.4, -0.2) is 59.6 Å². The summed E-state index contributed by atoms with van der Waals surface area (Å²) in [6.45, 7) is 4.35. The van der Waals surface area contributed by atoms with Crippen LogP contribution >= 0.6 is 12.2 Å². The smallest absolute Gasteiger partial charge is 0.249 e. The molecule has 0 aromatic heterocycles. The van der Waals surface area contributed by atoms with Crippen molar-refractivity contribution in [2.24, 2.45) is 0 Å². The van der Waals surface area contributed by atoms with Crippen LogP contribution in [0.2, 0.25) is 0 Å². The number of hydrogen-bond donors (Lipinski definition) is 2. The molecule has 1 unspecified atom stereocenters. The average molecular weight is 547 g/mol. The van der Waals surface area contributed by atoms with Gasteiger partial charge in [-0.3, -0.25) is 9.59 Å². The molecule has 39 heavy (non-hydrogen) atoms. The zero-order valence-electron chi connectivity index (χ0n) is 22.6. The number of rotatable bonds is 10. The molecule has 2 N–H and O–H groups in total. The highest BCUT2D eigenvalue weighted by Gasteiger charge is 2.40. The number of ether oxygens (including phenoxy) is 2. The molecule has 0 radical (unpaired) electrons. The van der Waals surface area contributed by atoms with Gasteiger partial charge in [0.2, 0.25) is 11.8 Å². The predicted molar refractivity (Wildman–Crippen MR) is 156 cm³/mol. The summed E-state index contributed by atoms with van der Waals surface area (Å²) in [5, 5.41) is 6.77. The summed E-state index contributed by atoms with van der Waals surface area (Å²) in [6, 6.07) is 24.8. The van der Waals surface area contributed by atoms with Crippen LogP contribution in [0.15, 0.2) is 78.9 Å². The molecule has 0 spiro atoms. The third-order valence-electron chi connectivity index (χ3n) is 6.89. The van der Waals surface area contributed by atoms with Crippen molar-refractivity contribution in [1.82, 2.24) is 15.1 Å². The molecule has 1 saturated heterocycles.